The van der Waals surface area contributed by atoms with E-state index in [9.17, 15) is 54.9 Å². The van der Waals surface area contributed by atoms with Crippen molar-refractivity contribution in [3.8, 4) is 0 Å². The van der Waals surface area contributed by atoms with Gasteiger partial charge in [0.25, 0.3) is 0 Å². The molecule has 0 aromatic heterocycles. The minimum Gasteiger partial charge on any atom is -0.394 e. The molecule has 15 atom stereocenters. The number of guanidine groups is 4. The zero-order valence-corrected chi connectivity index (χ0v) is 38.1. The third-order valence-corrected chi connectivity index (χ3v) is 11.1. The van der Waals surface area contributed by atoms with E-state index < -0.39 is 129 Å². The third-order valence-electron chi connectivity index (χ3n) is 11.1. The second kappa shape index (κ2) is 28.9. The number of aliphatic hydroxyl groups is 7. The first-order chi connectivity index (χ1) is 32.6. The Hall–Kier alpha value is -5.48. The van der Waals surface area contributed by atoms with Gasteiger partial charge in [-0.05, 0) is 32.1 Å². The highest BCUT2D eigenvalue weighted by atomic mass is 16.7. The number of hydrogen-bond acceptors (Lipinski definition) is 19. The summed E-state index contributed by atoms with van der Waals surface area (Å²) < 4.78 is 24.0. The number of ether oxygens (including phenoxy) is 4. The summed E-state index contributed by atoms with van der Waals surface area (Å²) in [5.41, 5.74) is 42.9. The largest absolute Gasteiger partial charge is 0.394 e. The first-order valence-electron chi connectivity index (χ1n) is 22.3. The van der Waals surface area contributed by atoms with Crippen molar-refractivity contribution in [3.63, 3.8) is 0 Å². The molecule has 0 spiro atoms. The zero-order chi connectivity index (χ0) is 51.4. The van der Waals surface area contributed by atoms with Gasteiger partial charge in [0.05, 0.1) is 24.7 Å². The smallest absolute Gasteiger partial charge is 0.220 e. The van der Waals surface area contributed by atoms with Crippen molar-refractivity contribution in [2.45, 2.75) is 150 Å². The highest BCUT2D eigenvalue weighted by Crippen LogP contribution is 2.33. The number of carbonyl (C=O) groups is 4. The first-order valence-corrected chi connectivity index (χ1v) is 22.3. The molecule has 0 bridgehead atoms. The summed E-state index contributed by atoms with van der Waals surface area (Å²) >= 11 is 0. The molecular weight excluding hydrogens is 921 g/mol. The summed E-state index contributed by atoms with van der Waals surface area (Å²) in [6.45, 7) is -0.865. The molecule has 31 heteroatoms. The second-order valence-corrected chi connectivity index (χ2v) is 16.5. The molecule has 4 amide bonds. The summed E-state index contributed by atoms with van der Waals surface area (Å²) in [5, 5.41) is 88.6. The van der Waals surface area contributed by atoms with Crippen LogP contribution in [0.15, 0.2) is 20.0 Å². The number of aliphatic imine (C=N–C) groups is 4. The van der Waals surface area contributed by atoms with Crippen LogP contribution in [0.2, 0.25) is 0 Å². The minimum absolute atomic E-state index is 0.0348. The molecule has 27 N–H and O–H groups in total. The van der Waals surface area contributed by atoms with Gasteiger partial charge in [0.1, 0.15) is 61.0 Å². The van der Waals surface area contributed by atoms with E-state index >= 15 is 0 Å². The third kappa shape index (κ3) is 19.1. The van der Waals surface area contributed by atoms with Crippen molar-refractivity contribution in [2.24, 2.45) is 65.8 Å². The lowest BCUT2D eigenvalue weighted by atomic mass is 9.82. The molecule has 2 aliphatic heterocycles. The number of rotatable bonds is 26. The molecule has 1 aliphatic carbocycles. The number of hydrogen-bond donors (Lipinski definition) is 19. The van der Waals surface area contributed by atoms with Crippen LogP contribution in [0.3, 0.4) is 0 Å². The van der Waals surface area contributed by atoms with E-state index in [1.54, 1.807) is 0 Å². The molecule has 394 valence electrons. The van der Waals surface area contributed by atoms with E-state index in [1.807, 2.05) is 0 Å². The van der Waals surface area contributed by atoms with Gasteiger partial charge in [0, 0.05) is 58.4 Å². The van der Waals surface area contributed by atoms with Crippen LogP contribution in [0.5, 0.6) is 0 Å². The van der Waals surface area contributed by atoms with Crippen LogP contribution in [0.4, 0.5) is 0 Å². The lowest BCUT2D eigenvalue weighted by Gasteiger charge is -2.50. The van der Waals surface area contributed by atoms with Gasteiger partial charge in [-0.3, -0.25) is 39.1 Å². The summed E-state index contributed by atoms with van der Waals surface area (Å²) in [7, 11) is 0. The Balaban J connectivity index is 1.99. The van der Waals surface area contributed by atoms with Gasteiger partial charge < -0.3 is 122 Å². The van der Waals surface area contributed by atoms with Crippen molar-refractivity contribution in [1.82, 2.24) is 21.3 Å². The van der Waals surface area contributed by atoms with Crippen molar-refractivity contribution < 1.29 is 73.9 Å². The summed E-state index contributed by atoms with van der Waals surface area (Å²) in [5.74, 6) is -3.16. The molecule has 69 heavy (non-hydrogen) atoms. The van der Waals surface area contributed by atoms with Crippen LogP contribution in [0.1, 0.15) is 57.8 Å². The molecule has 3 aliphatic rings. The van der Waals surface area contributed by atoms with Gasteiger partial charge in [0.2, 0.25) is 23.6 Å². The fraction of sp³-hybridized carbons (Fsp3) is 0.789. The molecule has 0 radical (unpaired) electrons. The zero-order valence-electron chi connectivity index (χ0n) is 38.1. The fourth-order valence-corrected chi connectivity index (χ4v) is 7.63. The predicted molar refractivity (Wildman–Crippen MR) is 243 cm³/mol. The quantitative estimate of drug-likeness (QED) is 0.0217. The number of nitrogens with one attached hydrogen (secondary N) is 4. The lowest BCUT2D eigenvalue weighted by Crippen LogP contribution is -2.70. The number of nitrogens with zero attached hydrogens (tertiary/aromatic N) is 4. The van der Waals surface area contributed by atoms with Crippen LogP contribution in [-0.2, 0) is 38.1 Å². The average Bonchev–Trinajstić information content (AvgIpc) is 3.28. The van der Waals surface area contributed by atoms with Crippen LogP contribution in [-0.4, -0.2) is 214 Å². The monoisotopic (exact) mass is 993 g/mol. The van der Waals surface area contributed by atoms with E-state index in [1.165, 1.54) is 0 Å². The second-order valence-electron chi connectivity index (χ2n) is 16.5. The molecular formula is C38H72N16O15. The SMILES string of the molecule is NC(N)=NCCCC(=O)NC[C@H]1O[C@H](O[C@H]2[C@H](O)[C@@H](O[C@H]3O[C@H](CO)[C@@H](O)[C@H](NC(=O)CCCN=C(N)N)[C@H]3O)[C@H](NC(=O)CCCN=C(N)N)C[C@@H]2NC(=O)CCCN=C(N)N)[C@H](O)[C@@H](O)[C@@H]1O. The molecule has 3 fully saturated rings. The highest BCUT2D eigenvalue weighted by Gasteiger charge is 2.54. The highest BCUT2D eigenvalue weighted by molar-refractivity contribution is 5.79. The van der Waals surface area contributed by atoms with E-state index in [4.69, 9.17) is 64.8 Å². The molecule has 0 unspecified atom stereocenters. The van der Waals surface area contributed by atoms with Gasteiger partial charge >= 0.3 is 0 Å². The standard InChI is InChI=1S/C38H72N16O15/c39-35(40)47-9-1-5-20(56)51-14-18-26(61)28(63)29(64)34(66-18)69-32-17(53-22(58)7-3-11-49-37(43)44)13-16(52-21(57)6-2-10-48-36(41)42)31(30(32)65)68-33-27(62)24(25(60)19(15-55)67-33)54-23(59)8-4-12-50-38(45)46/h16-19,24-34,55,60-65H,1-15H2,(H,51,56)(H,52,57)(H,53,58)(H,54,59)(H4,39,40,47)(H4,41,42,48)(H4,43,44,49)(H4,45,46,50)/t16-,17+,18-,19-,24+,25-,26-,27-,28+,29-,30-,31+,32-,33-,34-/m1/s1. The van der Waals surface area contributed by atoms with Crippen LogP contribution in [0, 0.1) is 0 Å². The number of amides is 4. The summed E-state index contributed by atoms with van der Waals surface area (Å²) in [6.07, 6.45) is -21.4. The Morgan fingerprint density at radius 3 is 1.30 bits per heavy atom. The van der Waals surface area contributed by atoms with Crippen LogP contribution in [0.25, 0.3) is 0 Å². The number of carbonyl (C=O) groups excluding carboxylic acids is 4. The van der Waals surface area contributed by atoms with Gasteiger partial charge in [-0.15, -0.1) is 0 Å². The van der Waals surface area contributed by atoms with Crippen molar-refractivity contribution in [2.75, 3.05) is 39.3 Å². The van der Waals surface area contributed by atoms with Gasteiger partial charge in [0.15, 0.2) is 36.4 Å². The molecule has 3 rings (SSSR count). The van der Waals surface area contributed by atoms with Crippen molar-refractivity contribution in [1.29, 1.82) is 0 Å². The maximum Gasteiger partial charge on any atom is 0.220 e. The maximum atomic E-state index is 13.5. The Morgan fingerprint density at radius 1 is 0.493 bits per heavy atom. The lowest BCUT2D eigenvalue weighted by molar-refractivity contribution is -0.334. The molecule has 31 nitrogen and oxygen atoms in total. The summed E-state index contributed by atoms with van der Waals surface area (Å²) in [4.78, 5) is 67.8. The Bertz CT molecular complexity index is 1770. The summed E-state index contributed by atoms with van der Waals surface area (Å²) in [6, 6.07) is -4.09. The predicted octanol–water partition coefficient (Wildman–Crippen LogP) is -10.4. The fourth-order valence-electron chi connectivity index (χ4n) is 7.63. The number of aliphatic hydroxyl groups excluding tert-OH is 7. The average molecular weight is 993 g/mol. The molecule has 2 saturated heterocycles. The Morgan fingerprint density at radius 2 is 0.884 bits per heavy atom. The first kappa shape index (κ1) is 57.8. The number of nitrogens with two attached hydrogens (primary N) is 8. The van der Waals surface area contributed by atoms with Gasteiger partial charge in [-0.1, -0.05) is 0 Å². The van der Waals surface area contributed by atoms with Gasteiger partial charge in [-0.2, -0.15) is 0 Å². The molecule has 0 aromatic rings. The van der Waals surface area contributed by atoms with E-state index in [2.05, 4.69) is 41.2 Å². The topological polar surface area (TPSA) is 553 Å². The normalized spacial score (nSPS) is 31.0. The van der Waals surface area contributed by atoms with Crippen LogP contribution < -0.4 is 67.1 Å². The minimum atomic E-state index is -2.00. The molecule has 0 aromatic carbocycles. The Labute approximate surface area is 396 Å². The van der Waals surface area contributed by atoms with Crippen molar-refractivity contribution in [3.05, 3.63) is 0 Å². The maximum absolute atomic E-state index is 13.5. The molecule has 1 saturated carbocycles. The van der Waals surface area contributed by atoms with Crippen LogP contribution >= 0.6 is 0 Å². The van der Waals surface area contributed by atoms with E-state index in [0.29, 0.717) is 0 Å². The van der Waals surface area contributed by atoms with E-state index in [0.717, 1.165) is 0 Å². The van der Waals surface area contributed by atoms with Crippen molar-refractivity contribution >= 4 is 47.5 Å². The Kier molecular flexibility index (Phi) is 24.2. The van der Waals surface area contributed by atoms with Gasteiger partial charge in [-0.25, -0.2) is 0 Å². The van der Waals surface area contributed by atoms with E-state index in [-0.39, 0.29) is 108 Å². The molecule has 2 heterocycles.